The molecule has 7 heteroatoms. The Kier molecular flexibility index (Phi) is 4.76. The maximum atomic E-state index is 12.6. The highest BCUT2D eigenvalue weighted by Gasteiger charge is 2.19. The summed E-state index contributed by atoms with van der Waals surface area (Å²) < 4.78 is 5.65. The molecule has 0 atom stereocenters. The normalized spacial score (nSPS) is 14.1. The fourth-order valence-electron chi connectivity index (χ4n) is 3.03. The molecule has 2 heterocycles. The number of carbonyl (C=O) groups is 1. The minimum atomic E-state index is -0.374. The molecule has 0 radical (unpaired) electrons. The molecule has 0 bridgehead atoms. The summed E-state index contributed by atoms with van der Waals surface area (Å²) >= 11 is 0. The molecular formula is C20H21N5O2. The Morgan fingerprint density at radius 3 is 2.67 bits per heavy atom. The molecule has 1 aliphatic rings. The van der Waals surface area contributed by atoms with Crippen molar-refractivity contribution in [2.75, 3.05) is 42.1 Å². The molecule has 2 aromatic carbocycles. The maximum absolute atomic E-state index is 12.6. The number of oxazole rings is 1. The van der Waals surface area contributed by atoms with Crippen LogP contribution in [0.3, 0.4) is 0 Å². The van der Waals surface area contributed by atoms with Gasteiger partial charge in [-0.25, -0.2) is 4.98 Å². The molecule has 0 aliphatic carbocycles. The van der Waals surface area contributed by atoms with Gasteiger partial charge in [-0.2, -0.15) is 0 Å². The number of nitrogen functional groups attached to an aromatic ring is 1. The van der Waals surface area contributed by atoms with Crippen LogP contribution < -0.4 is 21.3 Å². The number of amides is 1. The smallest absolute Gasteiger partial charge is 0.298 e. The van der Waals surface area contributed by atoms with Crippen LogP contribution in [0.15, 0.2) is 59.1 Å². The second kappa shape index (κ2) is 7.51. The van der Waals surface area contributed by atoms with Gasteiger partial charge in [-0.15, -0.1) is 0 Å². The number of benzene rings is 2. The molecule has 0 saturated carbocycles. The Morgan fingerprint density at radius 2 is 1.89 bits per heavy atom. The number of hydrogen-bond acceptors (Lipinski definition) is 6. The van der Waals surface area contributed by atoms with Crippen molar-refractivity contribution in [1.82, 2.24) is 10.3 Å². The molecule has 27 heavy (non-hydrogen) atoms. The summed E-state index contributed by atoms with van der Waals surface area (Å²) in [6, 6.07) is 15.9. The van der Waals surface area contributed by atoms with Gasteiger partial charge in [0.2, 0.25) is 5.76 Å². The van der Waals surface area contributed by atoms with E-state index in [0.717, 1.165) is 37.3 Å². The number of nitrogens with zero attached hydrogens (tertiary/aromatic N) is 2. The van der Waals surface area contributed by atoms with E-state index in [-0.39, 0.29) is 11.7 Å². The molecule has 4 rings (SSSR count). The SMILES string of the molecule is Nc1ccc(-c2ccccc2)cc1NC(=O)c1cnc(N2CCNCC2)o1. The van der Waals surface area contributed by atoms with E-state index in [2.05, 4.69) is 15.6 Å². The molecule has 1 aliphatic heterocycles. The largest absolute Gasteiger partial charge is 0.418 e. The molecule has 1 fully saturated rings. The first-order valence-corrected chi connectivity index (χ1v) is 8.88. The van der Waals surface area contributed by atoms with Crippen LogP contribution in [0, 0.1) is 0 Å². The van der Waals surface area contributed by atoms with E-state index in [0.29, 0.717) is 17.4 Å². The summed E-state index contributed by atoms with van der Waals surface area (Å²) in [5.74, 6) is -0.214. The third-order valence-electron chi connectivity index (χ3n) is 4.51. The monoisotopic (exact) mass is 363 g/mol. The zero-order valence-corrected chi connectivity index (χ0v) is 14.8. The van der Waals surface area contributed by atoms with Gasteiger partial charge in [0, 0.05) is 26.2 Å². The van der Waals surface area contributed by atoms with E-state index in [1.165, 1.54) is 6.20 Å². The van der Waals surface area contributed by atoms with Crippen molar-refractivity contribution in [1.29, 1.82) is 0 Å². The van der Waals surface area contributed by atoms with Gasteiger partial charge in [-0.05, 0) is 23.3 Å². The second-order valence-corrected chi connectivity index (χ2v) is 6.37. The van der Waals surface area contributed by atoms with E-state index in [9.17, 15) is 4.79 Å². The third kappa shape index (κ3) is 3.78. The average Bonchev–Trinajstić information content (AvgIpc) is 3.21. The van der Waals surface area contributed by atoms with Crippen molar-refractivity contribution >= 4 is 23.3 Å². The number of nitrogens with two attached hydrogens (primary N) is 1. The molecule has 0 spiro atoms. The summed E-state index contributed by atoms with van der Waals surface area (Å²) in [4.78, 5) is 18.8. The van der Waals surface area contributed by atoms with Gasteiger partial charge in [0.15, 0.2) is 0 Å². The Balaban J connectivity index is 1.52. The molecule has 7 nitrogen and oxygen atoms in total. The van der Waals surface area contributed by atoms with Gasteiger partial charge in [0.25, 0.3) is 11.9 Å². The zero-order valence-electron chi connectivity index (χ0n) is 14.8. The maximum Gasteiger partial charge on any atom is 0.298 e. The molecular weight excluding hydrogens is 342 g/mol. The highest BCUT2D eigenvalue weighted by Crippen LogP contribution is 2.28. The summed E-state index contributed by atoms with van der Waals surface area (Å²) in [5, 5.41) is 6.09. The topological polar surface area (TPSA) is 96.4 Å². The van der Waals surface area contributed by atoms with Crippen LogP contribution in [-0.2, 0) is 0 Å². The number of carbonyl (C=O) groups excluding carboxylic acids is 1. The molecule has 1 saturated heterocycles. The number of piperazine rings is 1. The number of hydrogen-bond donors (Lipinski definition) is 3. The van der Waals surface area contributed by atoms with Crippen molar-refractivity contribution in [3.8, 4) is 11.1 Å². The Hall–Kier alpha value is -3.32. The lowest BCUT2D eigenvalue weighted by Gasteiger charge is -2.25. The first kappa shape index (κ1) is 17.1. The van der Waals surface area contributed by atoms with Crippen molar-refractivity contribution < 1.29 is 9.21 Å². The average molecular weight is 363 g/mol. The summed E-state index contributed by atoms with van der Waals surface area (Å²) in [5.41, 5.74) is 9.09. The van der Waals surface area contributed by atoms with Crippen LogP contribution in [0.4, 0.5) is 17.4 Å². The quantitative estimate of drug-likeness (QED) is 0.617. The van der Waals surface area contributed by atoms with E-state index >= 15 is 0 Å². The van der Waals surface area contributed by atoms with Crippen LogP contribution in [0.5, 0.6) is 0 Å². The third-order valence-corrected chi connectivity index (χ3v) is 4.51. The van der Waals surface area contributed by atoms with E-state index < -0.39 is 0 Å². The Labute approximate surface area is 157 Å². The number of aromatic nitrogens is 1. The molecule has 4 N–H and O–H groups in total. The fraction of sp³-hybridized carbons (Fsp3) is 0.200. The summed E-state index contributed by atoms with van der Waals surface area (Å²) in [6.07, 6.45) is 1.45. The van der Waals surface area contributed by atoms with Crippen LogP contribution in [0.2, 0.25) is 0 Å². The molecule has 1 aromatic heterocycles. The summed E-state index contributed by atoms with van der Waals surface area (Å²) in [6.45, 7) is 3.33. The fourth-order valence-corrected chi connectivity index (χ4v) is 3.03. The predicted molar refractivity (Wildman–Crippen MR) is 106 cm³/mol. The van der Waals surface area contributed by atoms with Crippen LogP contribution >= 0.6 is 0 Å². The number of anilines is 3. The minimum Gasteiger partial charge on any atom is -0.418 e. The van der Waals surface area contributed by atoms with Crippen molar-refractivity contribution in [3.05, 3.63) is 60.5 Å². The lowest BCUT2D eigenvalue weighted by molar-refractivity contribution is 0.0997. The number of rotatable bonds is 4. The summed E-state index contributed by atoms with van der Waals surface area (Å²) in [7, 11) is 0. The zero-order chi connectivity index (χ0) is 18.6. The first-order chi connectivity index (χ1) is 13.2. The lowest BCUT2D eigenvalue weighted by atomic mass is 10.0. The predicted octanol–water partition coefficient (Wildman–Crippen LogP) is 2.59. The van der Waals surface area contributed by atoms with Crippen molar-refractivity contribution in [2.24, 2.45) is 0 Å². The van der Waals surface area contributed by atoms with Crippen LogP contribution in [0.25, 0.3) is 11.1 Å². The minimum absolute atomic E-state index is 0.160. The molecule has 0 unspecified atom stereocenters. The second-order valence-electron chi connectivity index (χ2n) is 6.37. The highest BCUT2D eigenvalue weighted by molar-refractivity contribution is 6.04. The van der Waals surface area contributed by atoms with E-state index in [4.69, 9.17) is 10.2 Å². The van der Waals surface area contributed by atoms with Gasteiger partial charge >= 0.3 is 0 Å². The molecule has 1 amide bonds. The van der Waals surface area contributed by atoms with Gasteiger partial charge < -0.3 is 25.7 Å². The Morgan fingerprint density at radius 1 is 1.11 bits per heavy atom. The van der Waals surface area contributed by atoms with Gasteiger partial charge in [0.05, 0.1) is 17.6 Å². The van der Waals surface area contributed by atoms with Crippen LogP contribution in [0.1, 0.15) is 10.6 Å². The first-order valence-electron chi connectivity index (χ1n) is 8.88. The number of nitrogens with one attached hydrogen (secondary N) is 2. The Bertz CT molecular complexity index is 933. The molecule has 3 aromatic rings. The van der Waals surface area contributed by atoms with Crippen molar-refractivity contribution in [2.45, 2.75) is 0 Å². The highest BCUT2D eigenvalue weighted by atomic mass is 16.4. The standard InChI is InChI=1S/C20H21N5O2/c21-16-7-6-15(14-4-2-1-3-5-14)12-17(16)24-19(26)18-13-23-20(27-18)25-10-8-22-9-11-25/h1-7,12-13,22H,8-11,21H2,(H,24,26). The van der Waals surface area contributed by atoms with Crippen molar-refractivity contribution in [3.63, 3.8) is 0 Å². The molecule has 138 valence electrons. The van der Waals surface area contributed by atoms with Gasteiger partial charge in [-0.1, -0.05) is 36.4 Å². The van der Waals surface area contributed by atoms with E-state index in [1.807, 2.05) is 47.4 Å². The van der Waals surface area contributed by atoms with E-state index in [1.54, 1.807) is 6.07 Å². The van der Waals surface area contributed by atoms with Gasteiger partial charge in [-0.3, -0.25) is 4.79 Å². The van der Waals surface area contributed by atoms with Crippen LogP contribution in [-0.4, -0.2) is 37.1 Å². The lowest BCUT2D eigenvalue weighted by Crippen LogP contribution is -2.43. The van der Waals surface area contributed by atoms with Gasteiger partial charge in [0.1, 0.15) is 0 Å².